The SMILES string of the molecule is CCC[C@H](NC(=O)[C@H](C)OC(=O)c1ccc(OCC(N)=O)cc1)c1ccccc1. The Bertz CT molecular complexity index is 821. The number of nitrogens with one attached hydrogen (secondary N) is 1. The molecule has 29 heavy (non-hydrogen) atoms. The van der Waals surface area contributed by atoms with Crippen molar-refractivity contribution >= 4 is 17.8 Å². The highest BCUT2D eigenvalue weighted by Gasteiger charge is 2.22. The number of carbonyl (C=O) groups excluding carboxylic acids is 3. The molecule has 0 saturated carbocycles. The second-order valence-electron chi connectivity index (χ2n) is 6.59. The topological polar surface area (TPSA) is 108 Å². The van der Waals surface area contributed by atoms with Gasteiger partial charge < -0.3 is 20.5 Å². The summed E-state index contributed by atoms with van der Waals surface area (Å²) in [5.74, 6) is -1.18. The average molecular weight is 398 g/mol. The van der Waals surface area contributed by atoms with E-state index < -0.39 is 18.0 Å². The standard InChI is InChI=1S/C22H26N2O5/c1-3-7-19(16-8-5-4-6-9-16)24-21(26)15(2)29-22(27)17-10-12-18(13-11-17)28-14-20(23)25/h4-6,8-13,15,19H,3,7,14H2,1-2H3,(H2,23,25)(H,24,26)/t15-,19-/m0/s1. The predicted molar refractivity (Wildman–Crippen MR) is 108 cm³/mol. The first kappa shape index (κ1) is 21.9. The second kappa shape index (κ2) is 10.8. The molecule has 7 nitrogen and oxygen atoms in total. The van der Waals surface area contributed by atoms with Crippen molar-refractivity contribution in [2.24, 2.45) is 5.73 Å². The molecule has 0 saturated heterocycles. The Hall–Kier alpha value is -3.35. The maximum atomic E-state index is 12.5. The number of primary amides is 1. The number of hydrogen-bond acceptors (Lipinski definition) is 5. The van der Waals surface area contributed by atoms with Crippen LogP contribution in [0.15, 0.2) is 54.6 Å². The van der Waals surface area contributed by atoms with E-state index >= 15 is 0 Å². The maximum Gasteiger partial charge on any atom is 0.338 e. The number of hydrogen-bond donors (Lipinski definition) is 2. The summed E-state index contributed by atoms with van der Waals surface area (Å²) in [6, 6.07) is 15.6. The summed E-state index contributed by atoms with van der Waals surface area (Å²) in [7, 11) is 0. The summed E-state index contributed by atoms with van der Waals surface area (Å²) in [5.41, 5.74) is 6.29. The summed E-state index contributed by atoms with van der Waals surface area (Å²) in [5, 5.41) is 2.95. The van der Waals surface area contributed by atoms with Crippen LogP contribution in [0, 0.1) is 0 Å². The Balaban J connectivity index is 1.93. The van der Waals surface area contributed by atoms with E-state index in [0.29, 0.717) is 5.75 Å². The average Bonchev–Trinajstić information content (AvgIpc) is 2.72. The fraction of sp³-hybridized carbons (Fsp3) is 0.318. The van der Waals surface area contributed by atoms with E-state index in [1.807, 2.05) is 37.3 Å². The van der Waals surface area contributed by atoms with Crippen LogP contribution in [-0.2, 0) is 14.3 Å². The van der Waals surface area contributed by atoms with Crippen molar-refractivity contribution in [2.45, 2.75) is 38.8 Å². The van der Waals surface area contributed by atoms with Gasteiger partial charge in [-0.2, -0.15) is 0 Å². The van der Waals surface area contributed by atoms with Crippen LogP contribution in [0.5, 0.6) is 5.75 Å². The summed E-state index contributed by atoms with van der Waals surface area (Å²) >= 11 is 0. The lowest BCUT2D eigenvalue weighted by atomic mass is 10.0. The molecule has 2 aromatic carbocycles. The van der Waals surface area contributed by atoms with E-state index in [1.165, 1.54) is 31.2 Å². The molecule has 0 fully saturated rings. The van der Waals surface area contributed by atoms with Gasteiger partial charge in [-0.1, -0.05) is 43.7 Å². The van der Waals surface area contributed by atoms with E-state index in [1.54, 1.807) is 0 Å². The van der Waals surface area contributed by atoms with Gasteiger partial charge in [0.05, 0.1) is 11.6 Å². The van der Waals surface area contributed by atoms with Gasteiger partial charge in [-0.05, 0) is 43.2 Å². The number of amides is 2. The predicted octanol–water partition coefficient (Wildman–Crippen LogP) is 2.75. The minimum atomic E-state index is -0.948. The van der Waals surface area contributed by atoms with E-state index in [9.17, 15) is 14.4 Å². The minimum Gasteiger partial charge on any atom is -0.484 e. The van der Waals surface area contributed by atoms with Crippen LogP contribution in [0.2, 0.25) is 0 Å². The van der Waals surface area contributed by atoms with Crippen molar-refractivity contribution in [3.05, 3.63) is 65.7 Å². The summed E-state index contributed by atoms with van der Waals surface area (Å²) in [6.45, 7) is 3.33. The Morgan fingerprint density at radius 2 is 1.69 bits per heavy atom. The third-order valence-corrected chi connectivity index (χ3v) is 4.22. The Kier molecular flexibility index (Phi) is 8.21. The summed E-state index contributed by atoms with van der Waals surface area (Å²) in [4.78, 5) is 35.5. The van der Waals surface area contributed by atoms with E-state index in [-0.39, 0.29) is 24.1 Å². The Morgan fingerprint density at radius 3 is 2.28 bits per heavy atom. The normalized spacial score (nSPS) is 12.5. The first-order valence-electron chi connectivity index (χ1n) is 9.48. The van der Waals surface area contributed by atoms with Gasteiger partial charge in [-0.3, -0.25) is 9.59 Å². The molecule has 3 N–H and O–H groups in total. The smallest absolute Gasteiger partial charge is 0.338 e. The second-order valence-corrected chi connectivity index (χ2v) is 6.59. The molecule has 7 heteroatoms. The van der Waals surface area contributed by atoms with Gasteiger partial charge in [-0.25, -0.2) is 4.79 Å². The van der Waals surface area contributed by atoms with Gasteiger partial charge >= 0.3 is 5.97 Å². The number of benzene rings is 2. The Labute approximate surface area is 170 Å². The summed E-state index contributed by atoms with van der Waals surface area (Å²) < 4.78 is 10.4. The van der Waals surface area contributed by atoms with Crippen LogP contribution >= 0.6 is 0 Å². The molecule has 0 spiro atoms. The molecule has 0 unspecified atom stereocenters. The van der Waals surface area contributed by atoms with Crippen LogP contribution in [0.3, 0.4) is 0 Å². The van der Waals surface area contributed by atoms with Gasteiger partial charge in [0.25, 0.3) is 11.8 Å². The first-order valence-corrected chi connectivity index (χ1v) is 9.48. The largest absolute Gasteiger partial charge is 0.484 e. The molecule has 2 atom stereocenters. The van der Waals surface area contributed by atoms with Crippen LogP contribution in [0.1, 0.15) is 48.7 Å². The van der Waals surface area contributed by atoms with Gasteiger partial charge in [0, 0.05) is 0 Å². The number of nitrogens with two attached hydrogens (primary N) is 1. The maximum absolute atomic E-state index is 12.5. The zero-order chi connectivity index (χ0) is 21.2. The van der Waals surface area contributed by atoms with E-state index in [0.717, 1.165) is 18.4 Å². The molecule has 0 heterocycles. The minimum absolute atomic E-state index is 0.142. The van der Waals surface area contributed by atoms with Gasteiger partial charge in [-0.15, -0.1) is 0 Å². The fourth-order valence-electron chi connectivity index (χ4n) is 2.71. The molecule has 154 valence electrons. The zero-order valence-corrected chi connectivity index (χ0v) is 16.6. The Morgan fingerprint density at radius 1 is 1.03 bits per heavy atom. The lowest BCUT2D eigenvalue weighted by molar-refractivity contribution is -0.130. The lowest BCUT2D eigenvalue weighted by Gasteiger charge is -2.21. The fourth-order valence-corrected chi connectivity index (χ4v) is 2.71. The molecule has 0 aliphatic rings. The summed E-state index contributed by atoms with van der Waals surface area (Å²) in [6.07, 6.45) is 0.734. The molecule has 0 aliphatic carbocycles. The molecule has 0 aromatic heterocycles. The number of rotatable bonds is 10. The van der Waals surface area contributed by atoms with Crippen molar-refractivity contribution in [2.75, 3.05) is 6.61 Å². The van der Waals surface area contributed by atoms with Crippen LogP contribution in [0.4, 0.5) is 0 Å². The molecular weight excluding hydrogens is 372 g/mol. The third-order valence-electron chi connectivity index (χ3n) is 4.22. The molecule has 2 aromatic rings. The highest BCUT2D eigenvalue weighted by molar-refractivity contribution is 5.92. The van der Waals surface area contributed by atoms with E-state index in [2.05, 4.69) is 5.32 Å². The van der Waals surface area contributed by atoms with Crippen LogP contribution < -0.4 is 15.8 Å². The van der Waals surface area contributed by atoms with Gasteiger partial charge in [0.2, 0.25) is 0 Å². The molecular formula is C22H26N2O5. The molecule has 0 radical (unpaired) electrons. The highest BCUT2D eigenvalue weighted by atomic mass is 16.5. The molecule has 2 amide bonds. The zero-order valence-electron chi connectivity index (χ0n) is 16.6. The van der Waals surface area contributed by atoms with Crippen molar-refractivity contribution in [3.8, 4) is 5.75 Å². The number of esters is 1. The van der Waals surface area contributed by atoms with Crippen LogP contribution in [-0.4, -0.2) is 30.5 Å². The van der Waals surface area contributed by atoms with Crippen molar-refractivity contribution in [1.82, 2.24) is 5.32 Å². The quantitative estimate of drug-likeness (QED) is 0.598. The van der Waals surface area contributed by atoms with E-state index in [4.69, 9.17) is 15.2 Å². The monoisotopic (exact) mass is 398 g/mol. The van der Waals surface area contributed by atoms with Crippen LogP contribution in [0.25, 0.3) is 0 Å². The van der Waals surface area contributed by atoms with Crippen molar-refractivity contribution in [3.63, 3.8) is 0 Å². The first-order chi connectivity index (χ1) is 13.9. The van der Waals surface area contributed by atoms with Crippen molar-refractivity contribution < 1.29 is 23.9 Å². The molecule has 0 bridgehead atoms. The van der Waals surface area contributed by atoms with Gasteiger partial charge in [0.1, 0.15) is 5.75 Å². The number of carbonyl (C=O) groups is 3. The van der Waals surface area contributed by atoms with Crippen molar-refractivity contribution in [1.29, 1.82) is 0 Å². The third kappa shape index (κ3) is 6.95. The highest BCUT2D eigenvalue weighted by Crippen LogP contribution is 2.19. The molecule has 0 aliphatic heterocycles. The number of ether oxygens (including phenoxy) is 2. The molecule has 2 rings (SSSR count). The van der Waals surface area contributed by atoms with Gasteiger partial charge in [0.15, 0.2) is 12.7 Å². The lowest BCUT2D eigenvalue weighted by Crippen LogP contribution is -2.38.